The molecule has 0 unspecified atom stereocenters. The van der Waals surface area contributed by atoms with Gasteiger partial charge in [0.2, 0.25) is 10.0 Å². The minimum absolute atomic E-state index is 0.0807. The van der Waals surface area contributed by atoms with Gasteiger partial charge in [0.15, 0.2) is 0 Å². The van der Waals surface area contributed by atoms with Crippen LogP contribution in [0.2, 0.25) is 5.02 Å². The molecule has 1 aromatic carbocycles. The van der Waals surface area contributed by atoms with Crippen molar-refractivity contribution in [3.05, 3.63) is 28.8 Å². The molecule has 1 heterocycles. The van der Waals surface area contributed by atoms with E-state index in [1.54, 1.807) is 18.2 Å². The number of nitrogens with two attached hydrogens (primary N) is 1. The molecule has 6 nitrogen and oxygen atoms in total. The molecule has 2 atom stereocenters. The molecule has 0 aromatic heterocycles. The van der Waals surface area contributed by atoms with Gasteiger partial charge in [0.1, 0.15) is 0 Å². The van der Waals surface area contributed by atoms with Crippen molar-refractivity contribution in [1.29, 1.82) is 0 Å². The van der Waals surface area contributed by atoms with E-state index in [1.807, 2.05) is 0 Å². The molecule has 132 valence electrons. The molecule has 1 amide bonds. The van der Waals surface area contributed by atoms with Gasteiger partial charge in [0, 0.05) is 12.6 Å². The van der Waals surface area contributed by atoms with Gasteiger partial charge in [-0.1, -0.05) is 18.0 Å². The second-order valence-electron chi connectivity index (χ2n) is 6.41. The summed E-state index contributed by atoms with van der Waals surface area (Å²) in [5.41, 5.74) is 6.61. The van der Waals surface area contributed by atoms with Crippen molar-refractivity contribution >= 4 is 33.2 Å². The summed E-state index contributed by atoms with van der Waals surface area (Å²) in [6.45, 7) is 1.01. The molecule has 1 saturated heterocycles. The topological polar surface area (TPSA) is 92.5 Å². The van der Waals surface area contributed by atoms with Crippen LogP contribution in [0.15, 0.2) is 18.2 Å². The van der Waals surface area contributed by atoms with Crippen molar-refractivity contribution in [1.82, 2.24) is 5.32 Å². The lowest BCUT2D eigenvalue weighted by molar-refractivity contribution is 0.0929. The fraction of sp³-hybridized carbons (Fsp3) is 0.562. The predicted molar refractivity (Wildman–Crippen MR) is 94.9 cm³/mol. The summed E-state index contributed by atoms with van der Waals surface area (Å²) in [5, 5.41) is 3.27. The van der Waals surface area contributed by atoms with Crippen LogP contribution < -0.4 is 15.4 Å². The predicted octanol–water partition coefficient (Wildman–Crippen LogP) is 1.74. The first-order valence-corrected chi connectivity index (χ1v) is 10.2. The summed E-state index contributed by atoms with van der Waals surface area (Å²) in [6.07, 6.45) is 3.62. The number of benzene rings is 1. The Kier molecular flexibility index (Phi) is 5.03. The van der Waals surface area contributed by atoms with Crippen LogP contribution in [0.4, 0.5) is 5.69 Å². The van der Waals surface area contributed by atoms with E-state index in [4.69, 9.17) is 17.3 Å². The number of anilines is 1. The van der Waals surface area contributed by atoms with Gasteiger partial charge in [0.05, 0.1) is 22.0 Å². The fourth-order valence-corrected chi connectivity index (χ4v) is 5.34. The number of hydrogen-bond acceptors (Lipinski definition) is 4. The van der Waals surface area contributed by atoms with Crippen molar-refractivity contribution in [3.8, 4) is 0 Å². The molecule has 24 heavy (non-hydrogen) atoms. The first-order chi connectivity index (χ1) is 11.4. The molecule has 1 aliphatic carbocycles. The molecule has 1 aromatic rings. The zero-order valence-electron chi connectivity index (χ0n) is 13.4. The Bertz CT molecular complexity index is 738. The second kappa shape index (κ2) is 6.90. The molecule has 1 saturated carbocycles. The number of carbonyl (C=O) groups excluding carboxylic acids is 1. The van der Waals surface area contributed by atoms with Crippen LogP contribution in [0.25, 0.3) is 0 Å². The Balaban J connectivity index is 1.76. The van der Waals surface area contributed by atoms with E-state index in [9.17, 15) is 13.2 Å². The van der Waals surface area contributed by atoms with Gasteiger partial charge in [0.25, 0.3) is 5.91 Å². The lowest BCUT2D eigenvalue weighted by Crippen LogP contribution is -2.40. The number of carbonyl (C=O) groups is 1. The zero-order chi connectivity index (χ0) is 17.3. The van der Waals surface area contributed by atoms with Gasteiger partial charge in [-0.3, -0.25) is 9.10 Å². The second-order valence-corrected chi connectivity index (χ2v) is 8.83. The van der Waals surface area contributed by atoms with Crippen LogP contribution in [-0.2, 0) is 10.0 Å². The minimum Gasteiger partial charge on any atom is -0.349 e. The highest BCUT2D eigenvalue weighted by atomic mass is 35.5. The van der Waals surface area contributed by atoms with Gasteiger partial charge in [-0.2, -0.15) is 0 Å². The number of sulfonamides is 1. The summed E-state index contributed by atoms with van der Waals surface area (Å²) in [6, 6.07) is 4.86. The summed E-state index contributed by atoms with van der Waals surface area (Å²) in [5.74, 6) is 0.220. The molecule has 0 radical (unpaired) electrons. The van der Waals surface area contributed by atoms with Crippen molar-refractivity contribution in [2.75, 3.05) is 23.1 Å². The fourth-order valence-electron chi connectivity index (χ4n) is 3.53. The maximum absolute atomic E-state index is 12.5. The van der Waals surface area contributed by atoms with Crippen LogP contribution >= 0.6 is 11.6 Å². The van der Waals surface area contributed by atoms with Crippen molar-refractivity contribution < 1.29 is 13.2 Å². The number of hydrogen-bond donors (Lipinski definition) is 2. The van der Waals surface area contributed by atoms with Crippen molar-refractivity contribution in [2.24, 2.45) is 11.7 Å². The number of nitrogens with zero attached hydrogens (tertiary/aromatic N) is 1. The third-order valence-corrected chi connectivity index (χ3v) is 7.05. The average molecular weight is 372 g/mol. The van der Waals surface area contributed by atoms with E-state index in [0.29, 0.717) is 36.7 Å². The largest absolute Gasteiger partial charge is 0.349 e. The highest BCUT2D eigenvalue weighted by Crippen LogP contribution is 2.30. The van der Waals surface area contributed by atoms with Crippen LogP contribution in [0, 0.1) is 5.92 Å². The number of halogens is 1. The van der Waals surface area contributed by atoms with Crippen molar-refractivity contribution in [3.63, 3.8) is 0 Å². The molecule has 1 aliphatic heterocycles. The monoisotopic (exact) mass is 371 g/mol. The number of rotatable bonds is 4. The minimum atomic E-state index is -3.26. The van der Waals surface area contributed by atoms with E-state index in [0.717, 1.165) is 19.3 Å². The highest BCUT2D eigenvalue weighted by Gasteiger charge is 2.30. The maximum atomic E-state index is 12.5. The molecular weight excluding hydrogens is 350 g/mol. The summed E-state index contributed by atoms with van der Waals surface area (Å²) < 4.78 is 25.3. The van der Waals surface area contributed by atoms with E-state index in [2.05, 4.69) is 5.32 Å². The van der Waals surface area contributed by atoms with Gasteiger partial charge in [-0.25, -0.2) is 8.42 Å². The Morgan fingerprint density at radius 3 is 2.75 bits per heavy atom. The molecule has 0 spiro atoms. The van der Waals surface area contributed by atoms with Crippen LogP contribution in [0.5, 0.6) is 0 Å². The third-order valence-electron chi connectivity index (χ3n) is 4.86. The molecule has 0 bridgehead atoms. The first kappa shape index (κ1) is 17.5. The number of nitrogens with one attached hydrogen (secondary N) is 1. The molecular formula is C16H22ClN3O3S. The molecule has 2 fully saturated rings. The van der Waals surface area contributed by atoms with Gasteiger partial charge >= 0.3 is 0 Å². The SMILES string of the molecule is NC[C@@H]1CCC[C@@H]1NC(=O)c1ccc(N2CCCS2(=O)=O)cc1Cl. The summed E-state index contributed by atoms with van der Waals surface area (Å²) >= 11 is 6.24. The van der Waals surface area contributed by atoms with Crippen molar-refractivity contribution in [2.45, 2.75) is 31.7 Å². The molecule has 8 heteroatoms. The maximum Gasteiger partial charge on any atom is 0.253 e. The molecule has 3 N–H and O–H groups in total. The van der Waals surface area contributed by atoms with Crippen LogP contribution in [-0.4, -0.2) is 39.2 Å². The lowest BCUT2D eigenvalue weighted by atomic mass is 10.0. The van der Waals surface area contributed by atoms with Gasteiger partial charge in [-0.05, 0) is 49.9 Å². The van der Waals surface area contributed by atoms with Crippen LogP contribution in [0.3, 0.4) is 0 Å². The molecule has 3 rings (SSSR count). The Morgan fingerprint density at radius 2 is 2.12 bits per heavy atom. The van der Waals surface area contributed by atoms with Crippen LogP contribution in [0.1, 0.15) is 36.0 Å². The smallest absolute Gasteiger partial charge is 0.253 e. The standard InChI is InChI=1S/C16H22ClN3O3S/c17-14-9-12(20-7-2-8-24(20,22)23)5-6-13(14)16(21)19-15-4-1-3-11(15)10-18/h5-6,9,11,15H,1-4,7-8,10,18H2,(H,19,21)/t11-,15-/m0/s1. The van der Waals surface area contributed by atoms with Gasteiger partial charge < -0.3 is 11.1 Å². The first-order valence-electron chi connectivity index (χ1n) is 8.23. The van der Waals surface area contributed by atoms with Gasteiger partial charge in [-0.15, -0.1) is 0 Å². The summed E-state index contributed by atoms with van der Waals surface area (Å²) in [4.78, 5) is 12.5. The average Bonchev–Trinajstić information content (AvgIpc) is 3.12. The third kappa shape index (κ3) is 3.38. The lowest BCUT2D eigenvalue weighted by Gasteiger charge is -2.21. The Hall–Kier alpha value is -1.31. The van der Waals surface area contributed by atoms with E-state index < -0.39 is 10.0 Å². The van der Waals surface area contributed by atoms with E-state index in [1.165, 1.54) is 4.31 Å². The number of amides is 1. The van der Waals surface area contributed by atoms with E-state index >= 15 is 0 Å². The Morgan fingerprint density at radius 1 is 1.33 bits per heavy atom. The highest BCUT2D eigenvalue weighted by molar-refractivity contribution is 7.93. The quantitative estimate of drug-likeness (QED) is 0.843. The normalized spacial score (nSPS) is 25.8. The van der Waals surface area contributed by atoms with E-state index in [-0.39, 0.29) is 22.7 Å². The summed E-state index contributed by atoms with van der Waals surface area (Å²) in [7, 11) is -3.26. The Labute approximate surface area is 147 Å². The molecule has 2 aliphatic rings. The zero-order valence-corrected chi connectivity index (χ0v) is 14.9.